The van der Waals surface area contributed by atoms with E-state index in [0.717, 1.165) is 63.7 Å². The highest BCUT2D eigenvalue weighted by Crippen LogP contribution is 2.71. The summed E-state index contributed by atoms with van der Waals surface area (Å²) in [5, 5.41) is 76.8. The van der Waals surface area contributed by atoms with Gasteiger partial charge in [0.1, 0.15) is 61.0 Å². The molecule has 406 valence electrons. The largest absolute Gasteiger partial charge is 0.416 e. The smallest absolute Gasteiger partial charge is 0.394 e. The van der Waals surface area contributed by atoms with Gasteiger partial charge in [-0.25, -0.2) is 4.79 Å². The van der Waals surface area contributed by atoms with Crippen LogP contribution in [-0.4, -0.2) is 159 Å². The summed E-state index contributed by atoms with van der Waals surface area (Å²) >= 11 is 0. The fourth-order valence-electron chi connectivity index (χ4n) is 14.7. The maximum atomic E-state index is 13.0. The number of halogens is 3. The molecular weight excluding hydrogens is 966 g/mol. The van der Waals surface area contributed by atoms with Gasteiger partial charge in [-0.1, -0.05) is 39.3 Å². The number of alkyl halides is 3. The molecule has 1 aromatic rings. The molecule has 0 aromatic heterocycles. The van der Waals surface area contributed by atoms with Crippen LogP contribution in [0.4, 0.5) is 13.2 Å². The predicted octanol–water partition coefficient (Wildman–Crippen LogP) is 3.70. The van der Waals surface area contributed by atoms with Crippen molar-refractivity contribution in [2.45, 2.75) is 203 Å². The number of benzene rings is 1. The first kappa shape index (κ1) is 53.6. The van der Waals surface area contributed by atoms with Gasteiger partial charge in [-0.3, -0.25) is 0 Å². The summed E-state index contributed by atoms with van der Waals surface area (Å²) in [6, 6.07) is 3.22. The molecule has 4 aliphatic carbocycles. The molecule has 5 saturated heterocycles. The Morgan fingerprint density at radius 1 is 0.795 bits per heavy atom. The van der Waals surface area contributed by atoms with Crippen LogP contribution in [0, 0.1) is 58.4 Å². The van der Waals surface area contributed by atoms with E-state index in [1.165, 1.54) is 12.5 Å². The van der Waals surface area contributed by atoms with Gasteiger partial charge in [0.25, 0.3) is 0 Å². The molecule has 6 unspecified atom stereocenters. The Bertz CT molecular complexity index is 2250. The van der Waals surface area contributed by atoms with Gasteiger partial charge in [0, 0.05) is 12.3 Å². The third-order valence-corrected chi connectivity index (χ3v) is 18.9. The molecule has 8 fully saturated rings. The first-order chi connectivity index (χ1) is 34.6. The summed E-state index contributed by atoms with van der Waals surface area (Å²) in [5.74, 6) is 3.58. The van der Waals surface area contributed by atoms with Gasteiger partial charge in [0.2, 0.25) is 0 Å². The Labute approximate surface area is 422 Å². The average Bonchev–Trinajstić information content (AvgIpc) is 3.92. The lowest BCUT2D eigenvalue weighted by Crippen LogP contribution is -2.65. The molecule has 17 nitrogen and oxygen atoms in total. The number of carbonyl (C=O) groups is 1. The van der Waals surface area contributed by atoms with Gasteiger partial charge >= 0.3 is 12.1 Å². The minimum Gasteiger partial charge on any atom is -0.394 e. The number of rotatable bonds is 8. The van der Waals surface area contributed by atoms with Crippen LogP contribution in [-0.2, 0) is 48.8 Å². The Balaban J connectivity index is 0.822. The van der Waals surface area contributed by atoms with E-state index in [1.807, 2.05) is 6.11 Å². The zero-order chi connectivity index (χ0) is 52.1. The number of ether oxygens (including phenoxy) is 9. The fraction of sp³-hybridized carbons (Fsp3) is 0.792. The lowest BCUT2D eigenvalue weighted by molar-refractivity contribution is -0.379. The van der Waals surface area contributed by atoms with E-state index < -0.39 is 122 Å². The second-order valence-electron chi connectivity index (χ2n) is 23.0. The summed E-state index contributed by atoms with van der Waals surface area (Å²) in [6.45, 7) is 11.0. The Hall–Kier alpha value is -2.82. The molecule has 5 aliphatic heterocycles. The highest BCUT2D eigenvalue weighted by Gasteiger charge is 2.69. The van der Waals surface area contributed by atoms with Crippen molar-refractivity contribution >= 4 is 5.97 Å². The minimum atomic E-state index is -4.62. The zero-order valence-electron chi connectivity index (χ0n) is 41.7. The molecule has 3 saturated carbocycles. The molecule has 1 spiro atoms. The number of hydrogen-bond donors (Lipinski definition) is 7. The van der Waals surface area contributed by atoms with E-state index in [1.54, 1.807) is 0 Å². The summed E-state index contributed by atoms with van der Waals surface area (Å²) in [6.07, 6.45) is -14.2. The van der Waals surface area contributed by atoms with Crippen LogP contribution in [0.1, 0.15) is 108 Å². The van der Waals surface area contributed by atoms with Crippen LogP contribution in [0.2, 0.25) is 0 Å². The molecule has 5 heterocycles. The fourth-order valence-corrected chi connectivity index (χ4v) is 14.7. The molecule has 25 atom stereocenters. The van der Waals surface area contributed by atoms with Crippen molar-refractivity contribution < 1.29 is 96.3 Å². The van der Waals surface area contributed by atoms with E-state index in [-0.39, 0.29) is 22.5 Å². The molecular formula is C53H71F3O17. The molecule has 7 N–H and O–H groups in total. The second kappa shape index (κ2) is 20.2. The van der Waals surface area contributed by atoms with Gasteiger partial charge in [0.15, 0.2) is 30.8 Å². The third kappa shape index (κ3) is 9.51. The van der Waals surface area contributed by atoms with Crippen molar-refractivity contribution in [2.75, 3.05) is 13.2 Å². The lowest BCUT2D eigenvalue weighted by Gasteiger charge is -2.58. The zero-order valence-corrected chi connectivity index (χ0v) is 41.7. The number of hydrogen-bond acceptors (Lipinski definition) is 17. The van der Waals surface area contributed by atoms with Gasteiger partial charge in [-0.2, -0.15) is 13.2 Å². The van der Waals surface area contributed by atoms with E-state index in [4.69, 9.17) is 42.6 Å². The average molecular weight is 1040 g/mol. The van der Waals surface area contributed by atoms with Gasteiger partial charge in [-0.05, 0) is 129 Å². The number of esters is 1. The normalized spacial score (nSPS) is 49.4. The molecule has 73 heavy (non-hydrogen) atoms. The monoisotopic (exact) mass is 1040 g/mol. The molecule has 0 amide bonds. The number of aliphatic hydroxyl groups excluding tert-OH is 7. The molecule has 1 aromatic carbocycles. The quantitative estimate of drug-likeness (QED) is 0.112. The van der Waals surface area contributed by atoms with Crippen LogP contribution in [0.25, 0.3) is 0 Å². The van der Waals surface area contributed by atoms with Gasteiger partial charge in [-0.15, -0.1) is 0 Å². The van der Waals surface area contributed by atoms with E-state index in [0.29, 0.717) is 60.5 Å². The van der Waals surface area contributed by atoms with Crippen molar-refractivity contribution in [3.63, 3.8) is 0 Å². The van der Waals surface area contributed by atoms with Gasteiger partial charge in [0.05, 0.1) is 42.7 Å². The lowest BCUT2D eigenvalue weighted by atomic mass is 9.47. The molecule has 0 radical (unpaired) electrons. The van der Waals surface area contributed by atoms with Crippen LogP contribution in [0.3, 0.4) is 0 Å². The second-order valence-corrected chi connectivity index (χ2v) is 23.0. The summed E-state index contributed by atoms with van der Waals surface area (Å²) in [5.41, 5.74) is 0.154. The predicted molar refractivity (Wildman–Crippen MR) is 246 cm³/mol. The van der Waals surface area contributed by atoms with Crippen molar-refractivity contribution in [3.05, 3.63) is 47.0 Å². The number of allylic oxidation sites excluding steroid dienone is 1. The SMILES string of the molecule is C[C@@H]1CC[C@@]2(OC1)OC1CC3C4CC=C5C[C@@H](O[C@@H]6O[C@H](CO)[C@@H](O[C@@H]7OC(C#COC(=O)c8ccc(C(F)(F)F)cc8)[C@H](O)[C@H]7O)[C@H](O)[C@H]6O[C@@H]6O[C@@H](C)[C@H](O)[C@@H](O)[C@H]6O)CC[C@]5(C)C4CC[C@]3(C)C1[C@@H]2C. The first-order valence-electron chi connectivity index (χ1n) is 26.1. The van der Waals surface area contributed by atoms with Crippen molar-refractivity contribution in [1.29, 1.82) is 0 Å². The summed E-state index contributed by atoms with van der Waals surface area (Å²) in [7, 11) is 0. The van der Waals surface area contributed by atoms with Crippen LogP contribution in [0.15, 0.2) is 35.9 Å². The first-order valence-corrected chi connectivity index (χ1v) is 26.1. The highest BCUT2D eigenvalue weighted by molar-refractivity contribution is 5.90. The topological polar surface area (TPSA) is 242 Å². The molecule has 20 heteroatoms. The maximum absolute atomic E-state index is 13.0. The summed E-state index contributed by atoms with van der Waals surface area (Å²) < 4.78 is 94.0. The number of aliphatic hydroxyl groups is 7. The highest BCUT2D eigenvalue weighted by atomic mass is 19.4. The number of fused-ring (bicyclic) bond motifs is 7. The standard InChI is InChI=1S/C53H71F3O17/c1-24-12-18-52(66-23-24)25(2)37-35(73-52)21-33-31-11-10-29-20-30(13-16-50(29,4)32(31)14-17-51(33,37)5)68-49-45(72-47-42(62)40(60)38(58)26(3)67-47)43(63)44(36(22-57)70-49)71-48-41(61)39(59)34(69-48)15-19-65-46(64)27-6-8-28(9-7-27)53(54,55)56/h6-10,24-26,30-45,47-49,57-63H,11-14,16-18,20-23H2,1-5H3/t24-,25+,26+,30+,31?,32?,33?,34?,35?,36-,37?,38+,39+,40-,41-,42-,43+,44-,45-,47+,48+,49-,50+,51+,52-/m1/s1. The minimum absolute atomic E-state index is 0.0800. The van der Waals surface area contributed by atoms with Gasteiger partial charge < -0.3 is 78.4 Å². The molecule has 9 aliphatic rings. The van der Waals surface area contributed by atoms with Crippen LogP contribution in [0.5, 0.6) is 0 Å². The van der Waals surface area contributed by atoms with Crippen LogP contribution >= 0.6 is 0 Å². The summed E-state index contributed by atoms with van der Waals surface area (Å²) in [4.78, 5) is 12.5. The Morgan fingerprint density at radius 2 is 1.51 bits per heavy atom. The molecule has 10 rings (SSSR count). The number of carbonyl (C=O) groups excluding carboxylic acids is 1. The van der Waals surface area contributed by atoms with Crippen molar-refractivity contribution in [3.8, 4) is 12.0 Å². The van der Waals surface area contributed by atoms with E-state index >= 15 is 0 Å². The Kier molecular flexibility index (Phi) is 14.8. The van der Waals surface area contributed by atoms with E-state index in [2.05, 4.69) is 39.7 Å². The van der Waals surface area contributed by atoms with Crippen molar-refractivity contribution in [2.24, 2.45) is 46.3 Å². The maximum Gasteiger partial charge on any atom is 0.416 e. The molecule has 0 bridgehead atoms. The Morgan fingerprint density at radius 3 is 2.21 bits per heavy atom. The van der Waals surface area contributed by atoms with Crippen LogP contribution < -0.4 is 0 Å². The van der Waals surface area contributed by atoms with E-state index in [9.17, 15) is 53.7 Å². The van der Waals surface area contributed by atoms with Crippen molar-refractivity contribution in [1.82, 2.24) is 0 Å². The third-order valence-electron chi connectivity index (χ3n) is 18.9.